The van der Waals surface area contributed by atoms with E-state index >= 15 is 0 Å². The number of urea groups is 1. The largest absolute Gasteiger partial charge is 0.467 e. The van der Waals surface area contributed by atoms with Gasteiger partial charge in [-0.2, -0.15) is 8.78 Å². The molecule has 2 amide bonds. The van der Waals surface area contributed by atoms with Crippen molar-refractivity contribution in [2.45, 2.75) is 6.61 Å². The minimum atomic E-state index is -2.93. The van der Waals surface area contributed by atoms with Crippen molar-refractivity contribution >= 4 is 17.4 Å². The van der Waals surface area contributed by atoms with Crippen molar-refractivity contribution in [1.82, 2.24) is 9.97 Å². The van der Waals surface area contributed by atoms with Crippen molar-refractivity contribution in [2.24, 2.45) is 0 Å². The van der Waals surface area contributed by atoms with Crippen LogP contribution in [0.1, 0.15) is 0 Å². The zero-order valence-electron chi connectivity index (χ0n) is 11.4. The summed E-state index contributed by atoms with van der Waals surface area (Å²) in [5.74, 6) is -0.0550. The van der Waals surface area contributed by atoms with Gasteiger partial charge in [0.2, 0.25) is 0 Å². The minimum absolute atomic E-state index is 0.0550. The van der Waals surface area contributed by atoms with E-state index in [4.69, 9.17) is 4.74 Å². The second-order valence-electron chi connectivity index (χ2n) is 3.94. The topological polar surface area (TPSA) is 85.4 Å². The van der Waals surface area contributed by atoms with Crippen molar-refractivity contribution in [1.29, 1.82) is 0 Å². The summed E-state index contributed by atoms with van der Waals surface area (Å²) in [5.41, 5.74) is 0.642. The number of aromatic nitrogens is 2. The van der Waals surface area contributed by atoms with E-state index in [0.717, 1.165) is 0 Å². The summed E-state index contributed by atoms with van der Waals surface area (Å²) in [4.78, 5) is 19.4. The maximum atomic E-state index is 12.1. The zero-order chi connectivity index (χ0) is 15.9. The van der Waals surface area contributed by atoms with E-state index in [2.05, 4.69) is 25.3 Å². The van der Waals surface area contributed by atoms with Crippen molar-refractivity contribution in [2.75, 3.05) is 17.7 Å². The minimum Gasteiger partial charge on any atom is -0.467 e. The standard InChI is InChI=1S/C13H12F2N4O3/c1-21-13-16-6-9(7-17-13)19-12(20)18-8-3-2-4-10(5-8)22-11(14)15/h2-7,11H,1H3,(H2,18,19,20). The SMILES string of the molecule is COc1ncc(NC(=O)Nc2cccc(OC(F)F)c2)cn1. The number of halogens is 2. The average molecular weight is 310 g/mol. The number of nitrogens with zero attached hydrogens (tertiary/aromatic N) is 2. The molecule has 0 aliphatic heterocycles. The van der Waals surface area contributed by atoms with Crippen molar-refractivity contribution < 1.29 is 23.0 Å². The van der Waals surface area contributed by atoms with Crippen LogP contribution in [0.15, 0.2) is 36.7 Å². The van der Waals surface area contributed by atoms with Crippen LogP contribution in [0.2, 0.25) is 0 Å². The summed E-state index contributed by atoms with van der Waals surface area (Å²) in [6.45, 7) is -2.93. The first-order valence-electron chi connectivity index (χ1n) is 6.06. The lowest BCUT2D eigenvalue weighted by Crippen LogP contribution is -2.19. The lowest BCUT2D eigenvalue weighted by molar-refractivity contribution is -0.0497. The normalized spacial score (nSPS) is 10.2. The van der Waals surface area contributed by atoms with Gasteiger partial charge in [-0.3, -0.25) is 0 Å². The molecule has 0 spiro atoms. The molecule has 0 fully saturated rings. The first-order chi connectivity index (χ1) is 10.6. The number of hydrogen-bond donors (Lipinski definition) is 2. The lowest BCUT2D eigenvalue weighted by Gasteiger charge is -2.09. The fourth-order valence-electron chi connectivity index (χ4n) is 1.53. The Morgan fingerprint density at radius 1 is 1.18 bits per heavy atom. The van der Waals surface area contributed by atoms with Gasteiger partial charge in [0.15, 0.2) is 0 Å². The molecule has 1 heterocycles. The van der Waals surface area contributed by atoms with Gasteiger partial charge in [-0.15, -0.1) is 0 Å². The lowest BCUT2D eigenvalue weighted by atomic mass is 10.3. The third kappa shape index (κ3) is 4.54. The highest BCUT2D eigenvalue weighted by atomic mass is 19.3. The van der Waals surface area contributed by atoms with Gasteiger partial charge in [-0.25, -0.2) is 14.8 Å². The van der Waals surface area contributed by atoms with Gasteiger partial charge >= 0.3 is 18.7 Å². The van der Waals surface area contributed by atoms with E-state index in [-0.39, 0.29) is 11.8 Å². The second kappa shape index (κ2) is 7.16. The summed E-state index contributed by atoms with van der Waals surface area (Å²) >= 11 is 0. The van der Waals surface area contributed by atoms with Gasteiger partial charge in [0.1, 0.15) is 5.75 Å². The molecule has 9 heteroatoms. The molecule has 2 rings (SSSR count). The number of rotatable bonds is 5. The molecule has 1 aromatic heterocycles. The van der Waals surface area contributed by atoms with E-state index in [0.29, 0.717) is 11.4 Å². The van der Waals surface area contributed by atoms with E-state index in [9.17, 15) is 13.6 Å². The van der Waals surface area contributed by atoms with Gasteiger partial charge in [0, 0.05) is 11.8 Å². The molecule has 0 atom stereocenters. The Hall–Kier alpha value is -2.97. The van der Waals surface area contributed by atoms with Crippen LogP contribution < -0.4 is 20.1 Å². The quantitative estimate of drug-likeness (QED) is 0.887. The van der Waals surface area contributed by atoms with Crippen molar-refractivity contribution in [3.05, 3.63) is 36.7 Å². The molecule has 0 unspecified atom stereocenters. The van der Waals surface area contributed by atoms with Crippen LogP contribution >= 0.6 is 0 Å². The monoisotopic (exact) mass is 310 g/mol. The number of benzene rings is 1. The van der Waals surface area contributed by atoms with Crippen LogP contribution in [0, 0.1) is 0 Å². The van der Waals surface area contributed by atoms with Gasteiger partial charge in [-0.1, -0.05) is 6.07 Å². The predicted molar refractivity (Wildman–Crippen MR) is 74.3 cm³/mol. The first kappa shape index (κ1) is 15.4. The number of nitrogens with one attached hydrogen (secondary N) is 2. The maximum Gasteiger partial charge on any atom is 0.387 e. The molecule has 0 saturated carbocycles. The molecule has 1 aromatic carbocycles. The molecule has 2 aromatic rings. The Balaban J connectivity index is 1.96. The summed E-state index contributed by atoms with van der Waals surface area (Å²) in [5, 5.41) is 4.95. The number of hydrogen-bond acceptors (Lipinski definition) is 5. The fraction of sp³-hybridized carbons (Fsp3) is 0.154. The van der Waals surface area contributed by atoms with Crippen LogP contribution in [0.3, 0.4) is 0 Å². The highest BCUT2D eigenvalue weighted by Gasteiger charge is 2.07. The van der Waals surface area contributed by atoms with E-state index < -0.39 is 12.6 Å². The smallest absolute Gasteiger partial charge is 0.387 e. The third-order valence-corrected chi connectivity index (χ3v) is 2.39. The number of anilines is 2. The molecule has 116 valence electrons. The number of carbonyl (C=O) groups is 1. The Labute approximate surface area is 124 Å². The molecule has 0 bridgehead atoms. The van der Waals surface area contributed by atoms with Crippen molar-refractivity contribution in [3.63, 3.8) is 0 Å². The number of amides is 2. The molecule has 22 heavy (non-hydrogen) atoms. The van der Waals surface area contributed by atoms with Crippen LogP contribution in [0.25, 0.3) is 0 Å². The molecule has 0 saturated heterocycles. The third-order valence-electron chi connectivity index (χ3n) is 2.39. The average Bonchev–Trinajstić information content (AvgIpc) is 2.47. The van der Waals surface area contributed by atoms with Gasteiger partial charge in [0.25, 0.3) is 0 Å². The fourth-order valence-corrected chi connectivity index (χ4v) is 1.53. The number of methoxy groups -OCH3 is 1. The van der Waals surface area contributed by atoms with Gasteiger partial charge < -0.3 is 20.1 Å². The summed E-state index contributed by atoms with van der Waals surface area (Å²) in [6, 6.07) is 5.22. The van der Waals surface area contributed by atoms with Crippen molar-refractivity contribution in [3.8, 4) is 11.8 Å². The zero-order valence-corrected chi connectivity index (χ0v) is 11.4. The first-order valence-corrected chi connectivity index (χ1v) is 6.06. The predicted octanol–water partition coefficient (Wildman–Crippen LogP) is 2.73. The Bertz CT molecular complexity index is 637. The van der Waals surface area contributed by atoms with Gasteiger partial charge in [0.05, 0.1) is 25.2 Å². The Morgan fingerprint density at radius 2 is 1.86 bits per heavy atom. The number of alkyl halides is 2. The van der Waals surface area contributed by atoms with Crippen LogP contribution in [0.5, 0.6) is 11.8 Å². The molecule has 2 N–H and O–H groups in total. The second-order valence-corrected chi connectivity index (χ2v) is 3.94. The number of ether oxygens (including phenoxy) is 2. The van der Waals surface area contributed by atoms with Gasteiger partial charge in [-0.05, 0) is 12.1 Å². The van der Waals surface area contributed by atoms with E-state index in [1.807, 2.05) is 0 Å². The van der Waals surface area contributed by atoms with Crippen LogP contribution in [-0.2, 0) is 0 Å². The molecule has 7 nitrogen and oxygen atoms in total. The highest BCUT2D eigenvalue weighted by Crippen LogP contribution is 2.19. The molecular weight excluding hydrogens is 298 g/mol. The summed E-state index contributed by atoms with van der Waals surface area (Å²) in [6.07, 6.45) is 2.73. The number of carbonyl (C=O) groups excluding carboxylic acids is 1. The Kier molecular flexibility index (Phi) is 5.02. The molecular formula is C13H12F2N4O3. The molecule has 0 radical (unpaired) electrons. The van der Waals surface area contributed by atoms with E-state index in [1.54, 1.807) is 0 Å². The highest BCUT2D eigenvalue weighted by molar-refractivity contribution is 5.99. The summed E-state index contributed by atoms with van der Waals surface area (Å²) < 4.78 is 33.3. The maximum absolute atomic E-state index is 12.1. The molecule has 0 aliphatic carbocycles. The van der Waals surface area contributed by atoms with E-state index in [1.165, 1.54) is 43.8 Å². The van der Waals surface area contributed by atoms with Crippen LogP contribution in [0.4, 0.5) is 25.0 Å². The molecule has 0 aliphatic rings. The Morgan fingerprint density at radius 3 is 2.50 bits per heavy atom. The van der Waals surface area contributed by atoms with Crippen LogP contribution in [-0.4, -0.2) is 29.7 Å². The summed E-state index contributed by atoms with van der Waals surface area (Å²) in [7, 11) is 1.42.